The Hall–Kier alpha value is -1.40. The third-order valence-corrected chi connectivity index (χ3v) is 2.53. The smallest absolute Gasteiger partial charge is 0.247 e. The van der Waals surface area contributed by atoms with E-state index in [-0.39, 0.29) is 17.8 Å². The van der Waals surface area contributed by atoms with Crippen molar-refractivity contribution in [2.45, 2.75) is 19.4 Å². The van der Waals surface area contributed by atoms with E-state index < -0.39 is 6.04 Å². The minimum atomic E-state index is -0.483. The van der Waals surface area contributed by atoms with Gasteiger partial charge in [-0.2, -0.15) is 4.98 Å². The van der Waals surface area contributed by atoms with Crippen molar-refractivity contribution < 1.29 is 9.90 Å². The van der Waals surface area contributed by atoms with Crippen molar-refractivity contribution in [2.24, 2.45) is 0 Å². The molecule has 1 aliphatic heterocycles. The van der Waals surface area contributed by atoms with Crippen molar-refractivity contribution in [1.29, 1.82) is 0 Å². The molecule has 1 aromatic rings. The van der Waals surface area contributed by atoms with Crippen LogP contribution in [0.1, 0.15) is 12.1 Å². The zero-order chi connectivity index (χ0) is 11.7. The molecule has 1 aromatic heterocycles. The van der Waals surface area contributed by atoms with Crippen molar-refractivity contribution in [3.8, 4) is 0 Å². The molecule has 0 unspecified atom stereocenters. The van der Waals surface area contributed by atoms with E-state index in [1.54, 1.807) is 6.92 Å². The van der Waals surface area contributed by atoms with Crippen LogP contribution in [-0.2, 0) is 4.79 Å². The maximum atomic E-state index is 11.6. The van der Waals surface area contributed by atoms with Crippen LogP contribution in [-0.4, -0.2) is 33.6 Å². The lowest BCUT2D eigenvalue weighted by atomic mass is 10.1. The molecule has 1 amide bonds. The van der Waals surface area contributed by atoms with Crippen LogP contribution in [0.2, 0.25) is 5.28 Å². The molecule has 86 valence electrons. The van der Waals surface area contributed by atoms with Crippen LogP contribution in [0.15, 0.2) is 0 Å². The number of halogens is 1. The van der Waals surface area contributed by atoms with Gasteiger partial charge in [-0.3, -0.25) is 4.79 Å². The number of carbonyl (C=O) groups is 1. The molecule has 3 N–H and O–H groups in total. The topological polar surface area (TPSA) is 87.1 Å². The first-order chi connectivity index (χ1) is 7.61. The molecule has 0 saturated carbocycles. The molecule has 2 rings (SSSR count). The number of hydrogen-bond acceptors (Lipinski definition) is 5. The predicted molar refractivity (Wildman–Crippen MR) is 59.5 cm³/mol. The van der Waals surface area contributed by atoms with Gasteiger partial charge in [0.05, 0.1) is 5.69 Å². The summed E-state index contributed by atoms with van der Waals surface area (Å²) in [5, 5.41) is 14.6. The van der Waals surface area contributed by atoms with Gasteiger partial charge in [0.2, 0.25) is 11.2 Å². The molecular weight excluding hydrogens is 232 g/mol. The molecule has 0 spiro atoms. The predicted octanol–water partition coefficient (Wildman–Crippen LogP) is 0.553. The van der Waals surface area contributed by atoms with Crippen LogP contribution < -0.4 is 10.6 Å². The highest BCUT2D eigenvalue weighted by molar-refractivity contribution is 6.28. The van der Waals surface area contributed by atoms with E-state index in [1.807, 2.05) is 0 Å². The molecule has 0 aliphatic carbocycles. The van der Waals surface area contributed by atoms with E-state index >= 15 is 0 Å². The number of hydrogen-bond donors (Lipinski definition) is 3. The van der Waals surface area contributed by atoms with Crippen molar-refractivity contribution in [3.05, 3.63) is 11.0 Å². The fraction of sp³-hybridized carbons (Fsp3) is 0.444. The van der Waals surface area contributed by atoms with Gasteiger partial charge in [0, 0.05) is 6.61 Å². The Balaban J connectivity index is 2.35. The van der Waals surface area contributed by atoms with E-state index in [2.05, 4.69) is 20.6 Å². The molecule has 0 saturated heterocycles. The third-order valence-electron chi connectivity index (χ3n) is 2.36. The Morgan fingerprint density at radius 1 is 1.50 bits per heavy atom. The molecule has 6 nitrogen and oxygen atoms in total. The summed E-state index contributed by atoms with van der Waals surface area (Å²) in [6.45, 7) is 1.67. The molecule has 0 bridgehead atoms. The third kappa shape index (κ3) is 1.94. The zero-order valence-corrected chi connectivity index (χ0v) is 9.38. The van der Waals surface area contributed by atoms with E-state index in [4.69, 9.17) is 16.7 Å². The first-order valence-corrected chi connectivity index (χ1v) is 5.22. The van der Waals surface area contributed by atoms with Gasteiger partial charge in [0.15, 0.2) is 5.82 Å². The fourth-order valence-electron chi connectivity index (χ4n) is 1.57. The summed E-state index contributed by atoms with van der Waals surface area (Å²) in [6, 6.07) is -0.483. The lowest BCUT2D eigenvalue weighted by molar-refractivity contribution is -0.117. The van der Waals surface area contributed by atoms with Crippen molar-refractivity contribution in [2.75, 3.05) is 17.2 Å². The minimum Gasteiger partial charge on any atom is -0.396 e. The number of aromatic nitrogens is 2. The summed E-state index contributed by atoms with van der Waals surface area (Å²) in [5.41, 5.74) is 1.15. The lowest BCUT2D eigenvalue weighted by Gasteiger charge is -2.26. The second-order valence-corrected chi connectivity index (χ2v) is 3.84. The van der Waals surface area contributed by atoms with E-state index in [9.17, 15) is 4.79 Å². The number of fused-ring (bicyclic) bond motifs is 1. The van der Waals surface area contributed by atoms with Crippen LogP contribution in [0, 0.1) is 6.92 Å². The molecule has 0 aromatic carbocycles. The highest BCUT2D eigenvalue weighted by atomic mass is 35.5. The summed E-state index contributed by atoms with van der Waals surface area (Å²) < 4.78 is 0. The molecule has 16 heavy (non-hydrogen) atoms. The molecule has 0 radical (unpaired) electrons. The molecule has 7 heteroatoms. The van der Waals surface area contributed by atoms with Gasteiger partial charge < -0.3 is 15.7 Å². The minimum absolute atomic E-state index is 0.0712. The average Bonchev–Trinajstić information content (AvgIpc) is 2.21. The maximum Gasteiger partial charge on any atom is 0.247 e. The molecule has 1 aliphatic rings. The van der Waals surface area contributed by atoms with E-state index in [1.165, 1.54) is 0 Å². The standard InChI is InChI=1S/C9H11ClN4O2/c1-4-6-7(14-9(10)11-4)12-5(2-3-15)8(16)13-6/h5,15H,2-3H2,1H3,(H,13,16)(H,11,12,14)/t5-/m0/s1. The number of aliphatic hydroxyl groups is 1. The van der Waals surface area contributed by atoms with E-state index in [0.29, 0.717) is 23.6 Å². The summed E-state index contributed by atoms with van der Waals surface area (Å²) >= 11 is 5.72. The second-order valence-electron chi connectivity index (χ2n) is 3.50. The largest absolute Gasteiger partial charge is 0.396 e. The van der Waals surface area contributed by atoms with E-state index in [0.717, 1.165) is 0 Å². The Kier molecular flexibility index (Phi) is 2.93. The quantitative estimate of drug-likeness (QED) is 0.660. The van der Waals surface area contributed by atoms with Crippen molar-refractivity contribution >= 4 is 29.0 Å². The highest BCUT2D eigenvalue weighted by Gasteiger charge is 2.27. The van der Waals surface area contributed by atoms with Gasteiger partial charge in [0.25, 0.3) is 0 Å². The number of nitrogens with zero attached hydrogens (tertiary/aromatic N) is 2. The van der Waals surface area contributed by atoms with Gasteiger partial charge in [-0.25, -0.2) is 4.98 Å². The van der Waals surface area contributed by atoms with Gasteiger partial charge in [-0.15, -0.1) is 0 Å². The summed E-state index contributed by atoms with van der Waals surface area (Å²) in [4.78, 5) is 19.5. The van der Waals surface area contributed by atoms with Crippen LogP contribution in [0.4, 0.5) is 11.5 Å². The van der Waals surface area contributed by atoms with Gasteiger partial charge in [-0.1, -0.05) is 0 Å². The normalized spacial score (nSPS) is 18.7. The fourth-order valence-corrected chi connectivity index (χ4v) is 1.78. The number of rotatable bonds is 2. The van der Waals surface area contributed by atoms with Gasteiger partial charge >= 0.3 is 0 Å². The Morgan fingerprint density at radius 3 is 2.94 bits per heavy atom. The van der Waals surface area contributed by atoms with Crippen molar-refractivity contribution in [1.82, 2.24) is 9.97 Å². The SMILES string of the molecule is Cc1nc(Cl)nc2c1NC(=O)[C@H](CCO)N2. The van der Waals surface area contributed by atoms with Crippen LogP contribution in [0.5, 0.6) is 0 Å². The summed E-state index contributed by atoms with van der Waals surface area (Å²) in [5.74, 6) is 0.297. The van der Waals surface area contributed by atoms with Gasteiger partial charge in [0.1, 0.15) is 11.7 Å². The van der Waals surface area contributed by atoms with Crippen LogP contribution in [0.25, 0.3) is 0 Å². The van der Waals surface area contributed by atoms with Crippen LogP contribution >= 0.6 is 11.6 Å². The number of carbonyl (C=O) groups excluding carboxylic acids is 1. The summed E-state index contributed by atoms with van der Waals surface area (Å²) in [7, 11) is 0. The first kappa shape index (κ1) is 11.1. The zero-order valence-electron chi connectivity index (χ0n) is 8.62. The number of anilines is 2. The highest BCUT2D eigenvalue weighted by Crippen LogP contribution is 2.28. The number of amides is 1. The molecular formula is C9H11ClN4O2. The Labute approximate surface area is 97.0 Å². The number of aliphatic hydroxyl groups excluding tert-OH is 1. The second kappa shape index (κ2) is 4.23. The van der Waals surface area contributed by atoms with Crippen LogP contribution in [0.3, 0.4) is 0 Å². The average molecular weight is 243 g/mol. The lowest BCUT2D eigenvalue weighted by Crippen LogP contribution is -2.40. The molecule has 1 atom stereocenters. The summed E-state index contributed by atoms with van der Waals surface area (Å²) in [6.07, 6.45) is 0.325. The first-order valence-electron chi connectivity index (χ1n) is 4.84. The number of aryl methyl sites for hydroxylation is 1. The van der Waals surface area contributed by atoms with Gasteiger partial charge in [-0.05, 0) is 24.9 Å². The Morgan fingerprint density at radius 2 is 2.25 bits per heavy atom. The molecule has 0 fully saturated rings. The van der Waals surface area contributed by atoms with Crippen molar-refractivity contribution in [3.63, 3.8) is 0 Å². The molecule has 2 heterocycles. The monoisotopic (exact) mass is 242 g/mol. The maximum absolute atomic E-state index is 11.6. The number of nitrogens with one attached hydrogen (secondary N) is 2. The Bertz CT molecular complexity index is 438.